The number of hydrogen-bond donors (Lipinski definition) is 0. The molecular weight excluding hydrogens is 460 g/mol. The first kappa shape index (κ1) is 24.5. The molecule has 5 rings (SSSR count). The first-order valence-electron chi connectivity index (χ1n) is 13.5. The van der Waals surface area contributed by atoms with E-state index in [-0.39, 0.29) is 35.8 Å². The Bertz CT molecular complexity index is 1010. The van der Waals surface area contributed by atoms with E-state index in [0.717, 1.165) is 74.8 Å². The molecule has 2 aliphatic carbocycles. The molecule has 3 heterocycles. The number of nitrogens with zero attached hydrogens (tertiary/aromatic N) is 2. The Kier molecular flexibility index (Phi) is 7.33. The molecule has 0 N–H and O–H groups in total. The Morgan fingerprint density at radius 1 is 1.09 bits per heavy atom. The zero-order valence-electron chi connectivity index (χ0n) is 21.1. The van der Waals surface area contributed by atoms with Crippen LogP contribution in [0.4, 0.5) is 5.69 Å². The van der Waals surface area contributed by atoms with Crippen LogP contribution in [0.2, 0.25) is 0 Å². The van der Waals surface area contributed by atoms with Gasteiger partial charge in [0.1, 0.15) is 4.88 Å². The number of carbonyl (C=O) groups is 3. The van der Waals surface area contributed by atoms with Crippen LogP contribution in [0, 0.1) is 11.8 Å². The number of allylic oxidation sites excluding steroid dienone is 2. The fourth-order valence-electron chi connectivity index (χ4n) is 6.52. The van der Waals surface area contributed by atoms with E-state index in [4.69, 9.17) is 4.74 Å². The van der Waals surface area contributed by atoms with Crippen LogP contribution in [0.5, 0.6) is 0 Å². The van der Waals surface area contributed by atoms with E-state index in [1.165, 1.54) is 30.4 Å². The van der Waals surface area contributed by atoms with E-state index in [1.807, 2.05) is 9.80 Å². The zero-order chi connectivity index (χ0) is 24.5. The molecule has 0 radical (unpaired) electrons. The smallest absolute Gasteiger partial charge is 0.350 e. The topological polar surface area (TPSA) is 66.9 Å². The van der Waals surface area contributed by atoms with Gasteiger partial charge in [-0.2, -0.15) is 0 Å². The van der Waals surface area contributed by atoms with Crippen LogP contribution < -0.4 is 4.90 Å². The minimum absolute atomic E-state index is 0.000177. The summed E-state index contributed by atoms with van der Waals surface area (Å²) in [5.74, 6) is 0.696. The molecule has 2 aliphatic heterocycles. The number of hydrogen-bond acceptors (Lipinski definition) is 5. The first-order chi connectivity index (χ1) is 17.0. The number of fused-ring (bicyclic) bond motifs is 1. The molecule has 35 heavy (non-hydrogen) atoms. The van der Waals surface area contributed by atoms with E-state index in [1.54, 1.807) is 0 Å². The Morgan fingerprint density at radius 3 is 2.60 bits per heavy atom. The summed E-state index contributed by atoms with van der Waals surface area (Å²) in [6.45, 7) is 2.96. The number of ether oxygens (including phenoxy) is 1. The van der Waals surface area contributed by atoms with Gasteiger partial charge in [0.05, 0.1) is 12.8 Å². The monoisotopic (exact) mass is 498 g/mol. The highest BCUT2D eigenvalue weighted by atomic mass is 32.1. The molecule has 2 amide bonds. The van der Waals surface area contributed by atoms with Crippen molar-refractivity contribution in [2.24, 2.45) is 11.8 Å². The maximum absolute atomic E-state index is 14.2. The molecule has 3 fully saturated rings. The molecule has 7 heteroatoms. The van der Waals surface area contributed by atoms with Crippen molar-refractivity contribution in [1.29, 1.82) is 0 Å². The van der Waals surface area contributed by atoms with E-state index in [0.29, 0.717) is 23.8 Å². The molecule has 0 bridgehead atoms. The predicted molar refractivity (Wildman–Crippen MR) is 138 cm³/mol. The van der Waals surface area contributed by atoms with Crippen LogP contribution >= 0.6 is 11.3 Å². The minimum atomic E-state index is -0.365. The molecule has 4 aliphatic rings. The minimum Gasteiger partial charge on any atom is -0.465 e. The SMILES string of the molecule is COC(=O)c1sc(C2=CCCCC2)cc1N(C(=O)[C@H]1CC[C@H](C)CC1)C1CCN2C(=O)CCC2C1. The molecular formula is C28H38N2O4S. The van der Waals surface area contributed by atoms with Crippen molar-refractivity contribution < 1.29 is 19.1 Å². The number of anilines is 1. The van der Waals surface area contributed by atoms with Crippen LogP contribution in [0.1, 0.15) is 98.5 Å². The molecule has 0 aromatic carbocycles. The predicted octanol–water partition coefficient (Wildman–Crippen LogP) is 5.80. The number of esters is 1. The highest BCUT2D eigenvalue weighted by molar-refractivity contribution is 7.15. The number of rotatable bonds is 5. The second-order valence-electron chi connectivity index (χ2n) is 10.9. The summed E-state index contributed by atoms with van der Waals surface area (Å²) in [7, 11) is 1.42. The van der Waals surface area contributed by atoms with E-state index < -0.39 is 0 Å². The van der Waals surface area contributed by atoms with Crippen LogP contribution in [0.15, 0.2) is 12.1 Å². The Labute approximate surface area is 212 Å². The summed E-state index contributed by atoms with van der Waals surface area (Å²) in [4.78, 5) is 45.1. The molecule has 2 atom stereocenters. The van der Waals surface area contributed by atoms with Crippen molar-refractivity contribution >= 4 is 40.4 Å². The van der Waals surface area contributed by atoms with Gasteiger partial charge < -0.3 is 14.5 Å². The van der Waals surface area contributed by atoms with Crippen molar-refractivity contribution in [3.8, 4) is 0 Å². The van der Waals surface area contributed by atoms with Gasteiger partial charge in [0.2, 0.25) is 11.8 Å². The van der Waals surface area contributed by atoms with Crippen molar-refractivity contribution in [1.82, 2.24) is 4.90 Å². The third kappa shape index (κ3) is 4.93. The molecule has 6 nitrogen and oxygen atoms in total. The molecule has 1 saturated carbocycles. The lowest BCUT2D eigenvalue weighted by Gasteiger charge is -2.42. The van der Waals surface area contributed by atoms with Crippen LogP contribution in [-0.4, -0.2) is 48.4 Å². The fraction of sp³-hybridized carbons (Fsp3) is 0.679. The summed E-state index contributed by atoms with van der Waals surface area (Å²) < 4.78 is 5.20. The van der Waals surface area contributed by atoms with Crippen LogP contribution in [0.25, 0.3) is 5.57 Å². The van der Waals surface area contributed by atoms with E-state index >= 15 is 0 Å². The number of methoxy groups -OCH3 is 1. The standard InChI is InChI=1S/C28H38N2O4S/c1-18-8-10-20(11-9-18)27(32)30(22-14-15-29-21(16-22)12-13-25(29)31)23-17-24(19-6-4-3-5-7-19)35-26(23)28(33)34-2/h6,17-18,20-22H,3-5,7-16H2,1-2H3/t18-,20-,21?,22?. The van der Waals surface area contributed by atoms with Crippen molar-refractivity contribution in [3.63, 3.8) is 0 Å². The molecule has 0 spiro atoms. The van der Waals surface area contributed by atoms with Crippen LogP contribution in [-0.2, 0) is 14.3 Å². The van der Waals surface area contributed by atoms with Crippen molar-refractivity contribution in [2.75, 3.05) is 18.6 Å². The molecule has 2 saturated heterocycles. The summed E-state index contributed by atoms with van der Waals surface area (Å²) >= 11 is 1.47. The number of amides is 2. The largest absolute Gasteiger partial charge is 0.465 e. The first-order valence-corrected chi connectivity index (χ1v) is 14.3. The highest BCUT2D eigenvalue weighted by Crippen LogP contribution is 2.42. The lowest BCUT2D eigenvalue weighted by molar-refractivity contribution is -0.130. The number of carbonyl (C=O) groups excluding carboxylic acids is 3. The molecule has 1 aromatic rings. The summed E-state index contributed by atoms with van der Waals surface area (Å²) in [5.41, 5.74) is 2.02. The maximum atomic E-state index is 14.2. The third-order valence-electron chi connectivity index (χ3n) is 8.62. The van der Waals surface area contributed by atoms with Crippen molar-refractivity contribution in [3.05, 3.63) is 21.9 Å². The average Bonchev–Trinajstić information content (AvgIpc) is 3.49. The second-order valence-corrected chi connectivity index (χ2v) is 12.0. The van der Waals surface area contributed by atoms with Gasteiger partial charge in [-0.1, -0.05) is 13.0 Å². The summed E-state index contributed by atoms with van der Waals surface area (Å²) in [6, 6.07) is 2.28. The third-order valence-corrected chi connectivity index (χ3v) is 9.80. The van der Waals surface area contributed by atoms with Gasteiger partial charge >= 0.3 is 5.97 Å². The Balaban J connectivity index is 1.52. The zero-order valence-corrected chi connectivity index (χ0v) is 21.9. The van der Waals surface area contributed by atoms with Gasteiger partial charge in [0, 0.05) is 35.8 Å². The Hall–Kier alpha value is -2.15. The van der Waals surface area contributed by atoms with Gasteiger partial charge in [-0.25, -0.2) is 4.79 Å². The van der Waals surface area contributed by atoms with Gasteiger partial charge in [-0.15, -0.1) is 11.3 Å². The summed E-state index contributed by atoms with van der Waals surface area (Å²) in [5, 5.41) is 0. The van der Waals surface area contributed by atoms with Gasteiger partial charge in [0.25, 0.3) is 0 Å². The fourth-order valence-corrected chi connectivity index (χ4v) is 7.65. The normalized spacial score (nSPS) is 28.9. The van der Waals surface area contributed by atoms with Gasteiger partial charge in [-0.3, -0.25) is 9.59 Å². The van der Waals surface area contributed by atoms with Crippen molar-refractivity contribution in [2.45, 2.75) is 96.1 Å². The molecule has 2 unspecified atom stereocenters. The molecule has 190 valence electrons. The average molecular weight is 499 g/mol. The Morgan fingerprint density at radius 2 is 1.89 bits per heavy atom. The van der Waals surface area contributed by atoms with E-state index in [9.17, 15) is 14.4 Å². The van der Waals surface area contributed by atoms with Gasteiger partial charge in [0.15, 0.2) is 0 Å². The maximum Gasteiger partial charge on any atom is 0.350 e. The second kappa shape index (κ2) is 10.5. The summed E-state index contributed by atoms with van der Waals surface area (Å²) in [6.07, 6.45) is 13.7. The number of piperidine rings is 1. The van der Waals surface area contributed by atoms with Gasteiger partial charge in [-0.05, 0) is 88.2 Å². The molecule has 1 aromatic heterocycles. The van der Waals surface area contributed by atoms with E-state index in [2.05, 4.69) is 19.1 Å². The highest BCUT2D eigenvalue weighted by Gasteiger charge is 2.42. The lowest BCUT2D eigenvalue weighted by Crippen LogP contribution is -2.52. The van der Waals surface area contributed by atoms with Crippen LogP contribution in [0.3, 0.4) is 0 Å². The number of thiophene rings is 1. The lowest BCUT2D eigenvalue weighted by atomic mass is 9.81. The quantitative estimate of drug-likeness (QED) is 0.481.